The van der Waals surface area contributed by atoms with Gasteiger partial charge in [-0.3, -0.25) is 4.79 Å². The third kappa shape index (κ3) is 6.56. The number of carbonyl (C=O) groups excluding carboxylic acids is 1. The van der Waals surface area contributed by atoms with Gasteiger partial charge in [0.2, 0.25) is 5.91 Å². The highest BCUT2D eigenvalue weighted by Gasteiger charge is 2.55. The predicted octanol–water partition coefficient (Wildman–Crippen LogP) is -1.70. The number of carboxylic acids is 1. The van der Waals surface area contributed by atoms with E-state index < -0.39 is 61.1 Å². The minimum Gasteiger partial charge on any atom is -0.477 e. The Hall–Kier alpha value is -0.950. The van der Waals surface area contributed by atoms with E-state index in [4.69, 9.17) is 14.6 Å². The SMILES string of the molecule is CCSCCCO[C@]1(C(=O)O)CC(O)[C@@H](NC(C)=O)[C@H](C(O)[C@H](O)CO)O1. The van der Waals surface area contributed by atoms with Gasteiger partial charge in [-0.05, 0) is 17.9 Å². The van der Waals surface area contributed by atoms with Crippen LogP contribution in [-0.4, -0.2) is 98.4 Å². The summed E-state index contributed by atoms with van der Waals surface area (Å²) in [5.41, 5.74) is 0. The summed E-state index contributed by atoms with van der Waals surface area (Å²) >= 11 is 1.66. The summed E-state index contributed by atoms with van der Waals surface area (Å²) in [5.74, 6) is -2.63. The highest BCUT2D eigenvalue weighted by molar-refractivity contribution is 7.99. The average Bonchev–Trinajstić information content (AvgIpc) is 2.61. The molecule has 6 atom stereocenters. The first-order valence-electron chi connectivity index (χ1n) is 8.73. The van der Waals surface area contributed by atoms with E-state index >= 15 is 0 Å². The second-order valence-electron chi connectivity index (χ2n) is 6.28. The molecule has 6 N–H and O–H groups in total. The molecule has 1 heterocycles. The van der Waals surface area contributed by atoms with Crippen LogP contribution >= 0.6 is 11.8 Å². The van der Waals surface area contributed by atoms with Crippen LogP contribution in [0.3, 0.4) is 0 Å². The third-order valence-electron chi connectivity index (χ3n) is 4.16. The van der Waals surface area contributed by atoms with Crippen molar-refractivity contribution in [3.05, 3.63) is 0 Å². The minimum absolute atomic E-state index is 0.0438. The van der Waals surface area contributed by atoms with Gasteiger partial charge in [0.05, 0.1) is 25.4 Å². The number of aliphatic carboxylic acids is 1. The first-order chi connectivity index (χ1) is 12.7. The van der Waals surface area contributed by atoms with Crippen molar-refractivity contribution in [2.24, 2.45) is 0 Å². The molecule has 1 amide bonds. The van der Waals surface area contributed by atoms with E-state index in [1.807, 2.05) is 6.92 Å². The molecule has 0 spiro atoms. The Bertz CT molecular complexity index is 495. The zero-order valence-electron chi connectivity index (χ0n) is 15.4. The Labute approximate surface area is 161 Å². The minimum atomic E-state index is -2.24. The molecule has 1 saturated heterocycles. The normalized spacial score (nSPS) is 30.5. The number of ether oxygens (including phenoxy) is 2. The van der Waals surface area contributed by atoms with Gasteiger partial charge in [-0.25, -0.2) is 4.79 Å². The quantitative estimate of drug-likeness (QED) is 0.216. The Morgan fingerprint density at radius 1 is 1.41 bits per heavy atom. The van der Waals surface area contributed by atoms with Crippen LogP contribution in [-0.2, 0) is 19.1 Å². The molecule has 1 fully saturated rings. The van der Waals surface area contributed by atoms with E-state index in [1.165, 1.54) is 6.92 Å². The van der Waals surface area contributed by atoms with Gasteiger partial charge in [0.25, 0.3) is 5.79 Å². The van der Waals surface area contributed by atoms with Crippen LogP contribution in [0.2, 0.25) is 0 Å². The molecule has 0 aromatic heterocycles. The van der Waals surface area contributed by atoms with Gasteiger partial charge < -0.3 is 40.3 Å². The number of aliphatic hydroxyl groups excluding tert-OH is 4. The van der Waals surface area contributed by atoms with Gasteiger partial charge in [0.15, 0.2) is 0 Å². The summed E-state index contributed by atoms with van der Waals surface area (Å²) in [6, 6.07) is -1.19. The molecular formula is C16H29NO9S. The van der Waals surface area contributed by atoms with Gasteiger partial charge in [0, 0.05) is 13.3 Å². The maximum Gasteiger partial charge on any atom is 0.364 e. The molecule has 0 aromatic carbocycles. The predicted molar refractivity (Wildman–Crippen MR) is 96.1 cm³/mol. The molecule has 0 radical (unpaired) electrons. The van der Waals surface area contributed by atoms with Crippen molar-refractivity contribution >= 4 is 23.6 Å². The van der Waals surface area contributed by atoms with Gasteiger partial charge in [-0.2, -0.15) is 11.8 Å². The molecule has 11 heteroatoms. The number of thioether (sulfide) groups is 1. The Kier molecular flexibility index (Phi) is 9.95. The second kappa shape index (κ2) is 11.1. The van der Waals surface area contributed by atoms with E-state index in [0.717, 1.165) is 11.5 Å². The number of rotatable bonds is 11. The summed E-state index contributed by atoms with van der Waals surface area (Å²) in [7, 11) is 0. The highest BCUT2D eigenvalue weighted by atomic mass is 32.2. The van der Waals surface area contributed by atoms with Crippen LogP contribution in [0.1, 0.15) is 26.7 Å². The first kappa shape index (κ1) is 24.1. The molecule has 10 nitrogen and oxygen atoms in total. The van der Waals surface area contributed by atoms with Crippen molar-refractivity contribution in [3.8, 4) is 0 Å². The van der Waals surface area contributed by atoms with Crippen molar-refractivity contribution < 1.29 is 44.6 Å². The van der Waals surface area contributed by atoms with E-state index in [0.29, 0.717) is 6.42 Å². The number of aliphatic hydroxyl groups is 4. The number of carbonyl (C=O) groups is 2. The van der Waals surface area contributed by atoms with Crippen LogP contribution in [0.15, 0.2) is 0 Å². The molecule has 0 saturated carbocycles. The molecule has 158 valence electrons. The number of amides is 1. The summed E-state index contributed by atoms with van der Waals surface area (Å²) in [6.45, 7) is 2.40. The molecule has 27 heavy (non-hydrogen) atoms. The second-order valence-corrected chi connectivity index (χ2v) is 7.67. The number of hydrogen-bond acceptors (Lipinski definition) is 9. The van der Waals surface area contributed by atoms with Crippen LogP contribution in [0, 0.1) is 0 Å². The fraction of sp³-hybridized carbons (Fsp3) is 0.875. The van der Waals surface area contributed by atoms with Crippen molar-refractivity contribution in [2.45, 2.75) is 62.9 Å². The van der Waals surface area contributed by atoms with E-state index in [9.17, 15) is 30.0 Å². The van der Waals surface area contributed by atoms with E-state index in [-0.39, 0.29) is 6.61 Å². The molecular weight excluding hydrogens is 382 g/mol. The van der Waals surface area contributed by atoms with Gasteiger partial charge in [0.1, 0.15) is 18.3 Å². The topological polar surface area (TPSA) is 166 Å². The smallest absolute Gasteiger partial charge is 0.364 e. The van der Waals surface area contributed by atoms with Crippen LogP contribution in [0.4, 0.5) is 0 Å². The number of carboxylic acid groups (broad SMARTS) is 1. The Morgan fingerprint density at radius 3 is 2.59 bits per heavy atom. The lowest BCUT2D eigenvalue weighted by Crippen LogP contribution is -2.67. The molecule has 0 bridgehead atoms. The maximum absolute atomic E-state index is 11.8. The van der Waals surface area contributed by atoms with Crippen molar-refractivity contribution in [1.29, 1.82) is 0 Å². The maximum atomic E-state index is 11.8. The van der Waals surface area contributed by atoms with Gasteiger partial charge in [-0.15, -0.1) is 0 Å². The lowest BCUT2D eigenvalue weighted by Gasteiger charge is -2.46. The fourth-order valence-corrected chi connectivity index (χ4v) is 3.43. The van der Waals surface area contributed by atoms with Gasteiger partial charge in [-0.1, -0.05) is 6.92 Å². The van der Waals surface area contributed by atoms with Crippen molar-refractivity contribution in [3.63, 3.8) is 0 Å². The molecule has 0 aliphatic carbocycles. The Morgan fingerprint density at radius 2 is 2.07 bits per heavy atom. The Balaban J connectivity index is 3.02. The zero-order valence-corrected chi connectivity index (χ0v) is 16.2. The van der Waals surface area contributed by atoms with Crippen LogP contribution in [0.5, 0.6) is 0 Å². The third-order valence-corrected chi connectivity index (χ3v) is 5.14. The summed E-state index contributed by atoms with van der Waals surface area (Å²) in [4.78, 5) is 23.2. The first-order valence-corrected chi connectivity index (χ1v) is 9.89. The zero-order chi connectivity index (χ0) is 20.6. The molecule has 2 unspecified atom stereocenters. The van der Waals surface area contributed by atoms with E-state index in [2.05, 4.69) is 5.32 Å². The molecule has 1 aliphatic heterocycles. The van der Waals surface area contributed by atoms with Crippen LogP contribution < -0.4 is 5.32 Å². The van der Waals surface area contributed by atoms with E-state index in [1.54, 1.807) is 11.8 Å². The number of hydrogen-bond donors (Lipinski definition) is 6. The highest BCUT2D eigenvalue weighted by Crippen LogP contribution is 2.33. The monoisotopic (exact) mass is 411 g/mol. The summed E-state index contributed by atoms with van der Waals surface area (Å²) < 4.78 is 10.9. The van der Waals surface area contributed by atoms with Gasteiger partial charge >= 0.3 is 5.97 Å². The molecule has 1 aliphatic rings. The van der Waals surface area contributed by atoms with Crippen molar-refractivity contribution in [1.82, 2.24) is 5.32 Å². The average molecular weight is 411 g/mol. The fourth-order valence-electron chi connectivity index (χ4n) is 2.82. The standard InChI is InChI=1S/C16H29NO9S/c1-3-27-6-4-5-25-16(15(23)24)7-10(20)12(17-9(2)19)14(26-16)13(22)11(21)8-18/h10-14,18,20-22H,3-8H2,1-2H3,(H,17,19)(H,23,24)/t10?,11-,12-,13?,14-,16-/m1/s1. The number of nitrogens with one attached hydrogen (secondary N) is 1. The summed E-state index contributed by atoms with van der Waals surface area (Å²) in [5, 5.41) is 51.5. The molecule has 0 aromatic rings. The molecule has 1 rings (SSSR count). The van der Waals surface area contributed by atoms with Crippen LogP contribution in [0.25, 0.3) is 0 Å². The summed E-state index contributed by atoms with van der Waals surface area (Å²) in [6.07, 6.45) is -6.29. The largest absolute Gasteiger partial charge is 0.477 e. The lowest BCUT2D eigenvalue weighted by atomic mass is 9.88. The lowest BCUT2D eigenvalue weighted by molar-refractivity contribution is -0.311. The van der Waals surface area contributed by atoms with Crippen molar-refractivity contribution in [2.75, 3.05) is 24.7 Å².